The van der Waals surface area contributed by atoms with Crippen molar-refractivity contribution < 1.29 is 12.3 Å². The lowest BCUT2D eigenvalue weighted by Crippen LogP contribution is -2.64. The highest BCUT2D eigenvalue weighted by Crippen LogP contribution is 2.38. The first-order chi connectivity index (χ1) is 12.7. The molecule has 3 nitrogen and oxygen atoms in total. The SMILES string of the molecule is CC[Si](CC)(CC)O[Si](CC)(O[Si](CC)(CC)CC)O[Si](CC)(CC)CC. The minimum Gasteiger partial charge on any atom is -0.416 e. The van der Waals surface area contributed by atoms with Gasteiger partial charge < -0.3 is 12.3 Å². The van der Waals surface area contributed by atoms with E-state index in [1.54, 1.807) is 0 Å². The van der Waals surface area contributed by atoms with Crippen LogP contribution in [0.25, 0.3) is 0 Å². The van der Waals surface area contributed by atoms with Gasteiger partial charge in [-0.2, -0.15) is 0 Å². The van der Waals surface area contributed by atoms with Crippen molar-refractivity contribution in [2.45, 2.75) is 130 Å². The highest BCUT2D eigenvalue weighted by molar-refractivity contribution is 6.92. The van der Waals surface area contributed by atoms with Gasteiger partial charge in [0.05, 0.1) is 0 Å². The first-order valence-corrected chi connectivity index (χ1v) is 21.4. The molecule has 0 spiro atoms. The van der Waals surface area contributed by atoms with Crippen molar-refractivity contribution in [3.05, 3.63) is 0 Å². The average molecular weight is 451 g/mol. The van der Waals surface area contributed by atoms with Crippen LogP contribution in [0, 0.1) is 0 Å². The second kappa shape index (κ2) is 12.4. The van der Waals surface area contributed by atoms with Crippen molar-refractivity contribution in [1.82, 2.24) is 0 Å². The minimum atomic E-state index is -2.68. The van der Waals surface area contributed by atoms with Crippen molar-refractivity contribution in [3.8, 4) is 0 Å². The summed E-state index contributed by atoms with van der Waals surface area (Å²) in [7, 11) is -8.06. The van der Waals surface area contributed by atoms with E-state index in [1.165, 1.54) is 54.4 Å². The average Bonchev–Trinajstić information content (AvgIpc) is 2.74. The van der Waals surface area contributed by atoms with E-state index in [-0.39, 0.29) is 0 Å². The third-order valence-corrected chi connectivity index (χ3v) is 28.7. The topological polar surface area (TPSA) is 27.7 Å². The first kappa shape index (κ1) is 27.7. The van der Waals surface area contributed by atoms with Gasteiger partial charge in [-0.05, 0) is 54.4 Å². The molecular formula is C20H50O3Si4. The van der Waals surface area contributed by atoms with Crippen molar-refractivity contribution in [2.24, 2.45) is 0 Å². The van der Waals surface area contributed by atoms with E-state index < -0.39 is 33.8 Å². The molecule has 0 N–H and O–H groups in total. The Balaban J connectivity index is 6.23. The van der Waals surface area contributed by atoms with Crippen LogP contribution in [0.1, 0.15) is 69.2 Å². The zero-order valence-corrected chi connectivity index (χ0v) is 24.3. The second-order valence-corrected chi connectivity index (χ2v) is 26.1. The van der Waals surface area contributed by atoms with Gasteiger partial charge in [-0.1, -0.05) is 69.2 Å². The van der Waals surface area contributed by atoms with Gasteiger partial charge in [0.1, 0.15) is 0 Å². The Morgan fingerprint density at radius 2 is 0.519 bits per heavy atom. The first-order valence-electron chi connectivity index (χ1n) is 11.8. The third kappa shape index (κ3) is 6.89. The lowest BCUT2D eigenvalue weighted by atomic mass is 10.9. The van der Waals surface area contributed by atoms with Crippen molar-refractivity contribution >= 4 is 33.8 Å². The molecule has 0 saturated heterocycles. The molecule has 0 aliphatic rings. The molecule has 0 saturated carbocycles. The molecule has 0 unspecified atom stereocenters. The van der Waals surface area contributed by atoms with Gasteiger partial charge in [0, 0.05) is 6.04 Å². The molecule has 0 radical (unpaired) electrons. The van der Waals surface area contributed by atoms with Gasteiger partial charge in [-0.25, -0.2) is 0 Å². The molecule has 0 fully saturated rings. The molecule has 7 heteroatoms. The van der Waals surface area contributed by atoms with Gasteiger partial charge >= 0.3 is 8.80 Å². The van der Waals surface area contributed by atoms with E-state index in [4.69, 9.17) is 12.3 Å². The molecule has 27 heavy (non-hydrogen) atoms. The summed E-state index contributed by atoms with van der Waals surface area (Å²) >= 11 is 0. The van der Waals surface area contributed by atoms with Crippen LogP contribution >= 0.6 is 0 Å². The summed E-state index contributed by atoms with van der Waals surface area (Å²) in [4.78, 5) is 0. The fourth-order valence-corrected chi connectivity index (χ4v) is 25.1. The smallest absolute Gasteiger partial charge is 0.416 e. The molecule has 164 valence electrons. The predicted molar refractivity (Wildman–Crippen MR) is 131 cm³/mol. The Morgan fingerprint density at radius 3 is 0.630 bits per heavy atom. The molecular weight excluding hydrogens is 401 g/mol. The molecule has 0 aromatic carbocycles. The van der Waals surface area contributed by atoms with Crippen LogP contribution in [0.15, 0.2) is 0 Å². The van der Waals surface area contributed by atoms with Crippen LogP contribution in [0.2, 0.25) is 60.4 Å². The summed E-state index contributed by atoms with van der Waals surface area (Å²) in [5, 5.41) is 0. The zero-order valence-electron chi connectivity index (χ0n) is 20.3. The summed E-state index contributed by atoms with van der Waals surface area (Å²) in [5.41, 5.74) is 0. The maximum Gasteiger partial charge on any atom is 0.469 e. The predicted octanol–water partition coefficient (Wildman–Crippen LogP) is 8.01. The standard InChI is InChI=1S/C20H50O3Si4/c1-11-24(12-2,13-3)21-27(20-10,22-25(14-4,15-5)16-6)23-26(17-7,18-8)19-9/h11-20H2,1-10H3. The fourth-order valence-electron chi connectivity index (χ4n) is 4.17. The van der Waals surface area contributed by atoms with E-state index in [1.807, 2.05) is 0 Å². The highest BCUT2D eigenvalue weighted by Gasteiger charge is 2.54. The van der Waals surface area contributed by atoms with Crippen LogP contribution in [0.3, 0.4) is 0 Å². The molecule has 0 bridgehead atoms. The molecule has 0 aliphatic heterocycles. The Hall–Kier alpha value is 0.748. The summed E-state index contributed by atoms with van der Waals surface area (Å²) in [6, 6.07) is 11.4. The molecule has 0 heterocycles. The molecule has 0 amide bonds. The highest BCUT2D eigenvalue weighted by atomic mass is 28.5. The quantitative estimate of drug-likeness (QED) is 0.223. The Kier molecular flexibility index (Phi) is 12.8. The van der Waals surface area contributed by atoms with Crippen molar-refractivity contribution in [3.63, 3.8) is 0 Å². The summed E-state index contributed by atoms with van der Waals surface area (Å²) < 4.78 is 21.7. The largest absolute Gasteiger partial charge is 0.469 e. The van der Waals surface area contributed by atoms with E-state index in [0.717, 1.165) is 6.04 Å². The molecule has 0 atom stereocenters. The molecule has 0 aliphatic carbocycles. The van der Waals surface area contributed by atoms with Crippen molar-refractivity contribution in [2.75, 3.05) is 0 Å². The number of hydrogen-bond donors (Lipinski definition) is 0. The van der Waals surface area contributed by atoms with Gasteiger partial charge in [-0.15, -0.1) is 0 Å². The third-order valence-electron chi connectivity index (χ3n) is 7.35. The van der Waals surface area contributed by atoms with Crippen LogP contribution in [-0.4, -0.2) is 33.8 Å². The summed E-state index contributed by atoms with van der Waals surface area (Å²) in [6.07, 6.45) is 0. The second-order valence-electron chi connectivity index (χ2n) is 8.07. The van der Waals surface area contributed by atoms with Gasteiger partial charge in [0.2, 0.25) is 0 Å². The maximum absolute atomic E-state index is 7.25. The normalized spacial score (nSPS) is 14.0. The number of rotatable bonds is 16. The lowest BCUT2D eigenvalue weighted by molar-refractivity contribution is 0.241. The van der Waals surface area contributed by atoms with Crippen LogP contribution < -0.4 is 0 Å². The van der Waals surface area contributed by atoms with E-state index >= 15 is 0 Å². The Labute approximate surface area is 175 Å². The maximum atomic E-state index is 7.25. The minimum absolute atomic E-state index is 0.936. The van der Waals surface area contributed by atoms with Crippen LogP contribution in [0.4, 0.5) is 0 Å². The van der Waals surface area contributed by atoms with Crippen LogP contribution in [0.5, 0.6) is 0 Å². The van der Waals surface area contributed by atoms with E-state index in [9.17, 15) is 0 Å². The van der Waals surface area contributed by atoms with E-state index in [2.05, 4.69) is 69.2 Å². The van der Waals surface area contributed by atoms with Gasteiger partial charge in [0.25, 0.3) is 0 Å². The summed E-state index contributed by atoms with van der Waals surface area (Å²) in [5.74, 6) is 0. The van der Waals surface area contributed by atoms with Gasteiger partial charge in [0.15, 0.2) is 25.0 Å². The van der Waals surface area contributed by atoms with Crippen LogP contribution in [-0.2, 0) is 12.3 Å². The monoisotopic (exact) mass is 450 g/mol. The lowest BCUT2D eigenvalue weighted by Gasteiger charge is -2.48. The Morgan fingerprint density at radius 1 is 0.333 bits per heavy atom. The zero-order chi connectivity index (χ0) is 21.2. The van der Waals surface area contributed by atoms with Gasteiger partial charge in [-0.3, -0.25) is 0 Å². The molecule has 0 aromatic rings. The molecule has 0 aromatic heterocycles. The van der Waals surface area contributed by atoms with E-state index in [0.29, 0.717) is 0 Å². The van der Waals surface area contributed by atoms with Crippen molar-refractivity contribution in [1.29, 1.82) is 0 Å². The fraction of sp³-hybridized carbons (Fsp3) is 1.00. The summed E-state index contributed by atoms with van der Waals surface area (Å²) in [6.45, 7) is 23.2. The Bertz CT molecular complexity index is 315. The molecule has 0 rings (SSSR count). The number of hydrogen-bond acceptors (Lipinski definition) is 3.